The number of carbonyl (C=O) groups is 1. The Labute approximate surface area is 154 Å². The second-order valence-electron chi connectivity index (χ2n) is 6.94. The summed E-state index contributed by atoms with van der Waals surface area (Å²) in [5.74, 6) is -0.205. The highest BCUT2D eigenvalue weighted by molar-refractivity contribution is 7.80. The van der Waals surface area contributed by atoms with E-state index in [1.54, 1.807) is 18.2 Å². The number of aromatic hydroxyl groups is 1. The zero-order valence-corrected chi connectivity index (χ0v) is 15.8. The maximum Gasteiger partial charge on any atom is 0.257 e. The first-order valence-corrected chi connectivity index (χ1v) is 8.66. The van der Waals surface area contributed by atoms with Gasteiger partial charge in [0.25, 0.3) is 5.91 Å². The summed E-state index contributed by atoms with van der Waals surface area (Å²) >= 11 is 5.20. The molecule has 2 aromatic carbocycles. The Balaban J connectivity index is 2.08. The lowest BCUT2D eigenvalue weighted by molar-refractivity contribution is 0.0977. The van der Waals surface area contributed by atoms with Gasteiger partial charge in [-0.1, -0.05) is 45.9 Å². The standard InChI is InChI=1S/C20H24N2O2S/c1-5-13-6-8-14(9-7-13)18(24)22-19(25)21-16-12-15(20(2,3)4)10-11-17(16)23/h6-12,23H,5H2,1-4H3,(H2,21,22,24,25). The first-order chi connectivity index (χ1) is 11.7. The topological polar surface area (TPSA) is 61.4 Å². The summed E-state index contributed by atoms with van der Waals surface area (Å²) in [6.07, 6.45) is 0.922. The molecule has 132 valence electrons. The molecule has 2 aromatic rings. The summed E-state index contributed by atoms with van der Waals surface area (Å²) < 4.78 is 0. The fraction of sp³-hybridized carbons (Fsp3) is 0.300. The average Bonchev–Trinajstić information content (AvgIpc) is 2.55. The van der Waals surface area contributed by atoms with E-state index < -0.39 is 0 Å². The van der Waals surface area contributed by atoms with Crippen molar-refractivity contribution in [1.82, 2.24) is 5.32 Å². The Morgan fingerprint density at radius 1 is 1.12 bits per heavy atom. The summed E-state index contributed by atoms with van der Waals surface area (Å²) in [6, 6.07) is 12.7. The van der Waals surface area contributed by atoms with Crippen molar-refractivity contribution in [3.63, 3.8) is 0 Å². The molecule has 4 nitrogen and oxygen atoms in total. The minimum Gasteiger partial charge on any atom is -0.506 e. The molecular formula is C20H24N2O2S. The van der Waals surface area contributed by atoms with E-state index in [1.807, 2.05) is 24.3 Å². The predicted octanol–water partition coefficient (Wildman–Crippen LogP) is 4.38. The van der Waals surface area contributed by atoms with Crippen LogP contribution in [0.15, 0.2) is 42.5 Å². The lowest BCUT2D eigenvalue weighted by atomic mass is 9.87. The van der Waals surface area contributed by atoms with Crippen molar-refractivity contribution in [3.8, 4) is 5.75 Å². The summed E-state index contributed by atoms with van der Waals surface area (Å²) in [7, 11) is 0. The first kappa shape index (κ1) is 18.9. The number of anilines is 1. The van der Waals surface area contributed by atoms with Crippen LogP contribution < -0.4 is 10.6 Å². The number of amides is 1. The van der Waals surface area contributed by atoms with E-state index in [1.165, 1.54) is 5.56 Å². The zero-order valence-electron chi connectivity index (χ0n) is 15.0. The smallest absolute Gasteiger partial charge is 0.257 e. The van der Waals surface area contributed by atoms with Crippen molar-refractivity contribution in [2.24, 2.45) is 0 Å². The molecule has 0 unspecified atom stereocenters. The van der Waals surface area contributed by atoms with Crippen LogP contribution in [0.5, 0.6) is 5.75 Å². The van der Waals surface area contributed by atoms with Gasteiger partial charge >= 0.3 is 0 Å². The molecule has 0 aliphatic carbocycles. The van der Waals surface area contributed by atoms with Crippen molar-refractivity contribution in [2.75, 3.05) is 5.32 Å². The molecule has 0 spiro atoms. The average molecular weight is 356 g/mol. The fourth-order valence-corrected chi connectivity index (χ4v) is 2.53. The van der Waals surface area contributed by atoms with E-state index in [2.05, 4.69) is 38.3 Å². The Bertz CT molecular complexity index is 777. The van der Waals surface area contributed by atoms with Crippen molar-refractivity contribution in [3.05, 3.63) is 59.2 Å². The van der Waals surface area contributed by atoms with Gasteiger partial charge in [-0.05, 0) is 59.4 Å². The SMILES string of the molecule is CCc1ccc(C(=O)NC(=S)Nc2cc(C(C)(C)C)ccc2O)cc1. The number of hydrogen-bond acceptors (Lipinski definition) is 3. The van der Waals surface area contributed by atoms with Crippen LogP contribution in [0.4, 0.5) is 5.69 Å². The van der Waals surface area contributed by atoms with Gasteiger partial charge in [-0.25, -0.2) is 0 Å². The highest BCUT2D eigenvalue weighted by Gasteiger charge is 2.16. The Kier molecular flexibility index (Phi) is 5.80. The van der Waals surface area contributed by atoms with Crippen molar-refractivity contribution in [1.29, 1.82) is 0 Å². The van der Waals surface area contributed by atoms with Crippen LogP contribution >= 0.6 is 12.2 Å². The minimum absolute atomic E-state index is 0.0595. The molecule has 0 atom stereocenters. The molecule has 0 radical (unpaired) electrons. The molecule has 1 amide bonds. The number of hydrogen-bond donors (Lipinski definition) is 3. The predicted molar refractivity (Wildman–Crippen MR) is 106 cm³/mol. The second kappa shape index (κ2) is 7.66. The van der Waals surface area contributed by atoms with E-state index in [9.17, 15) is 9.90 Å². The fourth-order valence-electron chi connectivity index (χ4n) is 2.32. The minimum atomic E-state index is -0.286. The largest absolute Gasteiger partial charge is 0.506 e. The van der Waals surface area contributed by atoms with Crippen LogP contribution in [0.3, 0.4) is 0 Å². The molecule has 25 heavy (non-hydrogen) atoms. The molecule has 0 bridgehead atoms. The number of thiocarbonyl (C=S) groups is 1. The van der Waals surface area contributed by atoms with Crippen LogP contribution in [0.1, 0.15) is 49.2 Å². The van der Waals surface area contributed by atoms with Crippen molar-refractivity contribution >= 4 is 28.9 Å². The molecule has 0 aliphatic heterocycles. The number of rotatable bonds is 3. The van der Waals surface area contributed by atoms with Gasteiger partial charge in [-0.3, -0.25) is 10.1 Å². The van der Waals surface area contributed by atoms with Gasteiger partial charge in [0.2, 0.25) is 0 Å². The molecule has 0 fully saturated rings. The third-order valence-corrected chi connectivity index (χ3v) is 4.17. The number of carbonyl (C=O) groups excluding carboxylic acids is 1. The highest BCUT2D eigenvalue weighted by atomic mass is 32.1. The molecule has 3 N–H and O–H groups in total. The zero-order chi connectivity index (χ0) is 18.6. The maximum atomic E-state index is 12.3. The van der Waals surface area contributed by atoms with Crippen LogP contribution in [-0.2, 0) is 11.8 Å². The van der Waals surface area contributed by atoms with Crippen molar-refractivity contribution in [2.45, 2.75) is 39.5 Å². The van der Waals surface area contributed by atoms with Gasteiger partial charge in [0, 0.05) is 5.56 Å². The lowest BCUT2D eigenvalue weighted by Gasteiger charge is -2.21. The molecule has 2 rings (SSSR count). The molecule has 0 saturated carbocycles. The van der Waals surface area contributed by atoms with E-state index in [-0.39, 0.29) is 22.2 Å². The molecule has 0 saturated heterocycles. The summed E-state index contributed by atoms with van der Waals surface area (Å²) in [4.78, 5) is 12.3. The van der Waals surface area contributed by atoms with Gasteiger partial charge in [0.05, 0.1) is 5.69 Å². The second-order valence-corrected chi connectivity index (χ2v) is 7.35. The maximum absolute atomic E-state index is 12.3. The van der Waals surface area contributed by atoms with Gasteiger partial charge in [0.15, 0.2) is 5.11 Å². The number of nitrogens with one attached hydrogen (secondary N) is 2. The van der Waals surface area contributed by atoms with Gasteiger partial charge in [0.1, 0.15) is 5.75 Å². The summed E-state index contributed by atoms with van der Waals surface area (Å²) in [5, 5.41) is 15.7. The summed E-state index contributed by atoms with van der Waals surface area (Å²) in [5.41, 5.74) is 3.17. The highest BCUT2D eigenvalue weighted by Crippen LogP contribution is 2.30. The first-order valence-electron chi connectivity index (χ1n) is 8.25. The van der Waals surface area contributed by atoms with Gasteiger partial charge in [-0.15, -0.1) is 0 Å². The Hall–Kier alpha value is -2.40. The number of phenols is 1. The third kappa shape index (κ3) is 5.03. The number of aryl methyl sites for hydroxylation is 1. The van der Waals surface area contributed by atoms with Gasteiger partial charge in [-0.2, -0.15) is 0 Å². The number of benzene rings is 2. The van der Waals surface area contributed by atoms with Crippen LogP contribution in [0.2, 0.25) is 0 Å². The quantitative estimate of drug-likeness (QED) is 0.564. The lowest BCUT2D eigenvalue weighted by Crippen LogP contribution is -2.34. The molecule has 0 heterocycles. The van der Waals surface area contributed by atoms with Crippen molar-refractivity contribution < 1.29 is 9.90 Å². The monoisotopic (exact) mass is 356 g/mol. The molecule has 5 heteroatoms. The van der Waals surface area contributed by atoms with E-state index in [4.69, 9.17) is 12.2 Å². The summed E-state index contributed by atoms with van der Waals surface area (Å²) in [6.45, 7) is 8.32. The number of phenolic OH excluding ortho intramolecular Hbond substituents is 1. The van der Waals surface area contributed by atoms with Crippen LogP contribution in [-0.4, -0.2) is 16.1 Å². The van der Waals surface area contributed by atoms with E-state index >= 15 is 0 Å². The van der Waals surface area contributed by atoms with Crippen LogP contribution in [0, 0.1) is 0 Å². The Morgan fingerprint density at radius 3 is 2.32 bits per heavy atom. The van der Waals surface area contributed by atoms with E-state index in [0.717, 1.165) is 12.0 Å². The normalized spacial score (nSPS) is 11.0. The molecular weight excluding hydrogens is 332 g/mol. The van der Waals surface area contributed by atoms with Gasteiger partial charge < -0.3 is 10.4 Å². The Morgan fingerprint density at radius 2 is 1.76 bits per heavy atom. The van der Waals surface area contributed by atoms with Crippen LogP contribution in [0.25, 0.3) is 0 Å². The van der Waals surface area contributed by atoms with E-state index in [0.29, 0.717) is 11.3 Å². The molecule has 0 aliphatic rings. The third-order valence-electron chi connectivity index (χ3n) is 3.96. The molecule has 0 aromatic heterocycles.